The summed E-state index contributed by atoms with van der Waals surface area (Å²) < 4.78 is 5.27. The standard InChI is InChI=1S/C20H27N3O2/c1-20(2,3)25-19(24)9-11-22-10-5-4-6-16-14-23-18-8-7-15(13-21)12-17(16)18/h7-8,12,14,22-23H,4-6,9-11H2,1-3H3. The zero-order valence-corrected chi connectivity index (χ0v) is 15.3. The number of rotatable bonds is 8. The maximum atomic E-state index is 11.6. The molecular weight excluding hydrogens is 314 g/mol. The first kappa shape index (κ1) is 19.0. The van der Waals surface area contributed by atoms with Crippen LogP contribution in [0, 0.1) is 11.3 Å². The summed E-state index contributed by atoms with van der Waals surface area (Å²) in [6.45, 7) is 7.16. The number of ether oxygens (including phenoxy) is 1. The van der Waals surface area contributed by atoms with E-state index in [9.17, 15) is 4.79 Å². The van der Waals surface area contributed by atoms with Crippen molar-refractivity contribution in [3.05, 3.63) is 35.5 Å². The molecule has 0 aliphatic rings. The lowest BCUT2D eigenvalue weighted by Gasteiger charge is -2.19. The minimum atomic E-state index is -0.415. The average molecular weight is 341 g/mol. The van der Waals surface area contributed by atoms with Crippen LogP contribution in [-0.4, -0.2) is 29.6 Å². The summed E-state index contributed by atoms with van der Waals surface area (Å²) in [5.41, 5.74) is 2.60. The number of H-pyrrole nitrogens is 1. The number of nitriles is 1. The van der Waals surface area contributed by atoms with Gasteiger partial charge in [0.15, 0.2) is 0 Å². The van der Waals surface area contributed by atoms with Gasteiger partial charge in [0.05, 0.1) is 18.1 Å². The number of nitrogens with zero attached hydrogens (tertiary/aromatic N) is 1. The van der Waals surface area contributed by atoms with E-state index in [0.717, 1.165) is 36.7 Å². The van der Waals surface area contributed by atoms with Gasteiger partial charge in [0.2, 0.25) is 0 Å². The van der Waals surface area contributed by atoms with Gasteiger partial charge in [-0.05, 0) is 70.3 Å². The molecular formula is C20H27N3O2. The highest BCUT2D eigenvalue weighted by Gasteiger charge is 2.15. The third kappa shape index (κ3) is 6.24. The number of benzene rings is 1. The van der Waals surface area contributed by atoms with Crippen LogP contribution in [0.25, 0.3) is 10.9 Å². The largest absolute Gasteiger partial charge is 0.460 e. The molecule has 0 bridgehead atoms. The summed E-state index contributed by atoms with van der Waals surface area (Å²) in [5, 5.41) is 13.4. The molecule has 0 saturated heterocycles. The first-order valence-corrected chi connectivity index (χ1v) is 8.82. The fourth-order valence-corrected chi connectivity index (χ4v) is 2.73. The molecule has 0 fully saturated rings. The number of hydrogen-bond acceptors (Lipinski definition) is 4. The van der Waals surface area contributed by atoms with Gasteiger partial charge in [0.1, 0.15) is 5.60 Å². The Bertz CT molecular complexity index is 750. The number of aromatic nitrogens is 1. The highest BCUT2D eigenvalue weighted by Crippen LogP contribution is 2.21. The molecule has 5 nitrogen and oxygen atoms in total. The molecule has 1 aromatic carbocycles. The SMILES string of the molecule is CC(C)(C)OC(=O)CCNCCCCc1c[nH]c2ccc(C#N)cc12. The molecule has 1 heterocycles. The highest BCUT2D eigenvalue weighted by atomic mass is 16.6. The smallest absolute Gasteiger partial charge is 0.307 e. The van der Waals surface area contributed by atoms with Crippen molar-refractivity contribution in [1.82, 2.24) is 10.3 Å². The van der Waals surface area contributed by atoms with Crippen LogP contribution in [0.2, 0.25) is 0 Å². The molecule has 0 unspecified atom stereocenters. The Hall–Kier alpha value is -2.32. The van der Waals surface area contributed by atoms with E-state index in [0.29, 0.717) is 18.5 Å². The van der Waals surface area contributed by atoms with Crippen LogP contribution >= 0.6 is 0 Å². The van der Waals surface area contributed by atoms with Crippen LogP contribution in [0.3, 0.4) is 0 Å². The van der Waals surface area contributed by atoms with Crippen LogP contribution in [0.1, 0.15) is 51.2 Å². The number of carbonyl (C=O) groups is 1. The summed E-state index contributed by atoms with van der Waals surface area (Å²) in [6, 6.07) is 7.92. The fraction of sp³-hybridized carbons (Fsp3) is 0.500. The second-order valence-corrected chi connectivity index (χ2v) is 7.23. The summed E-state index contributed by atoms with van der Waals surface area (Å²) >= 11 is 0. The Morgan fingerprint density at radius 3 is 2.80 bits per heavy atom. The minimum absolute atomic E-state index is 0.160. The van der Waals surface area contributed by atoms with E-state index in [-0.39, 0.29) is 5.97 Å². The number of aryl methyl sites for hydroxylation is 1. The molecule has 0 atom stereocenters. The summed E-state index contributed by atoms with van der Waals surface area (Å²) in [7, 11) is 0. The van der Waals surface area contributed by atoms with Crippen molar-refractivity contribution >= 4 is 16.9 Å². The van der Waals surface area contributed by atoms with Gasteiger partial charge < -0.3 is 15.0 Å². The van der Waals surface area contributed by atoms with E-state index in [4.69, 9.17) is 10.00 Å². The predicted octanol–water partition coefficient (Wildman–Crippen LogP) is 3.68. The monoisotopic (exact) mass is 341 g/mol. The van der Waals surface area contributed by atoms with Crippen molar-refractivity contribution in [2.75, 3.05) is 13.1 Å². The van der Waals surface area contributed by atoms with Gasteiger partial charge in [-0.15, -0.1) is 0 Å². The molecule has 2 N–H and O–H groups in total. The molecule has 1 aromatic heterocycles. The Morgan fingerprint density at radius 2 is 2.08 bits per heavy atom. The highest BCUT2D eigenvalue weighted by molar-refractivity contribution is 5.84. The molecule has 5 heteroatoms. The van der Waals surface area contributed by atoms with Crippen LogP contribution < -0.4 is 5.32 Å². The van der Waals surface area contributed by atoms with Crippen molar-refractivity contribution in [2.45, 2.75) is 52.1 Å². The van der Waals surface area contributed by atoms with E-state index in [1.165, 1.54) is 5.56 Å². The molecule has 2 rings (SSSR count). The molecule has 0 radical (unpaired) electrons. The molecule has 0 amide bonds. The van der Waals surface area contributed by atoms with Crippen LogP contribution in [0.5, 0.6) is 0 Å². The lowest BCUT2D eigenvalue weighted by molar-refractivity contribution is -0.154. The zero-order valence-electron chi connectivity index (χ0n) is 15.3. The van der Waals surface area contributed by atoms with Gasteiger partial charge in [0, 0.05) is 23.6 Å². The van der Waals surface area contributed by atoms with E-state index in [1.807, 2.05) is 45.2 Å². The van der Waals surface area contributed by atoms with Crippen LogP contribution in [0.15, 0.2) is 24.4 Å². The first-order valence-electron chi connectivity index (χ1n) is 8.82. The van der Waals surface area contributed by atoms with Crippen molar-refractivity contribution in [1.29, 1.82) is 5.26 Å². The maximum absolute atomic E-state index is 11.6. The molecule has 25 heavy (non-hydrogen) atoms. The molecule has 2 aromatic rings. The predicted molar refractivity (Wildman–Crippen MR) is 99.3 cm³/mol. The van der Waals surface area contributed by atoms with Crippen molar-refractivity contribution in [2.24, 2.45) is 0 Å². The van der Waals surface area contributed by atoms with Crippen molar-refractivity contribution < 1.29 is 9.53 Å². The van der Waals surface area contributed by atoms with Gasteiger partial charge >= 0.3 is 5.97 Å². The first-order chi connectivity index (χ1) is 11.9. The molecule has 0 saturated carbocycles. The minimum Gasteiger partial charge on any atom is -0.460 e. The lowest BCUT2D eigenvalue weighted by Crippen LogP contribution is -2.27. The van der Waals surface area contributed by atoms with E-state index in [2.05, 4.69) is 16.4 Å². The molecule has 0 spiro atoms. The topological polar surface area (TPSA) is 77.9 Å². The second-order valence-electron chi connectivity index (χ2n) is 7.23. The van der Waals surface area contributed by atoms with Crippen LogP contribution in [-0.2, 0) is 16.0 Å². The molecule has 134 valence electrons. The maximum Gasteiger partial charge on any atom is 0.307 e. The van der Waals surface area contributed by atoms with Crippen molar-refractivity contribution in [3.8, 4) is 6.07 Å². The number of esters is 1. The summed E-state index contributed by atoms with van der Waals surface area (Å²) in [6.07, 6.45) is 5.50. The molecule has 0 aliphatic carbocycles. The number of hydrogen-bond donors (Lipinski definition) is 2. The summed E-state index contributed by atoms with van der Waals surface area (Å²) in [5.74, 6) is -0.160. The second kappa shape index (κ2) is 8.68. The van der Waals surface area contributed by atoms with Gasteiger partial charge in [-0.25, -0.2) is 0 Å². The van der Waals surface area contributed by atoms with Crippen LogP contribution in [0.4, 0.5) is 0 Å². The average Bonchev–Trinajstić information content (AvgIpc) is 2.94. The van der Waals surface area contributed by atoms with E-state index >= 15 is 0 Å². The fourth-order valence-electron chi connectivity index (χ4n) is 2.73. The Kier molecular flexibility index (Phi) is 6.60. The van der Waals surface area contributed by atoms with E-state index < -0.39 is 5.60 Å². The summed E-state index contributed by atoms with van der Waals surface area (Å²) in [4.78, 5) is 14.8. The normalized spacial score (nSPS) is 11.4. The Balaban J connectivity index is 1.65. The molecule has 0 aliphatic heterocycles. The number of carbonyl (C=O) groups excluding carboxylic acids is 1. The third-order valence-corrected chi connectivity index (χ3v) is 3.87. The number of fused-ring (bicyclic) bond motifs is 1. The van der Waals surface area contributed by atoms with Gasteiger partial charge in [-0.3, -0.25) is 4.79 Å². The van der Waals surface area contributed by atoms with Gasteiger partial charge in [0.25, 0.3) is 0 Å². The number of aromatic amines is 1. The third-order valence-electron chi connectivity index (χ3n) is 3.87. The quantitative estimate of drug-likeness (QED) is 0.567. The van der Waals surface area contributed by atoms with Gasteiger partial charge in [-0.1, -0.05) is 0 Å². The number of unbranched alkanes of at least 4 members (excludes halogenated alkanes) is 1. The van der Waals surface area contributed by atoms with E-state index in [1.54, 1.807) is 0 Å². The Morgan fingerprint density at radius 1 is 1.28 bits per heavy atom. The number of nitrogens with one attached hydrogen (secondary N) is 2. The van der Waals surface area contributed by atoms with Crippen molar-refractivity contribution in [3.63, 3.8) is 0 Å². The zero-order chi connectivity index (χ0) is 18.3. The van der Waals surface area contributed by atoms with Gasteiger partial charge in [-0.2, -0.15) is 5.26 Å². The Labute approximate surface area is 149 Å². The lowest BCUT2D eigenvalue weighted by atomic mass is 10.1.